The van der Waals surface area contributed by atoms with E-state index in [0.29, 0.717) is 32.1 Å². The average Bonchev–Trinajstić information content (AvgIpc) is 3.16. The molecule has 0 bridgehead atoms. The van der Waals surface area contributed by atoms with Crippen molar-refractivity contribution in [3.8, 4) is 11.5 Å². The highest BCUT2D eigenvalue weighted by molar-refractivity contribution is 7.09. The molecule has 1 aromatic heterocycles. The Bertz CT molecular complexity index is 773. The Labute approximate surface area is 179 Å². The van der Waals surface area contributed by atoms with Gasteiger partial charge in [0.25, 0.3) is 0 Å². The minimum atomic E-state index is 0.108. The molecule has 29 heavy (non-hydrogen) atoms. The fraction of sp³-hybridized carbons (Fsp3) is 0.565. The topological polar surface area (TPSA) is 51.7 Å². The molecule has 0 unspecified atom stereocenters. The van der Waals surface area contributed by atoms with Crippen molar-refractivity contribution in [2.75, 3.05) is 19.8 Å². The van der Waals surface area contributed by atoms with Gasteiger partial charge in [-0.25, -0.2) is 4.98 Å². The van der Waals surface area contributed by atoms with Gasteiger partial charge in [0.1, 0.15) is 0 Å². The van der Waals surface area contributed by atoms with Crippen molar-refractivity contribution in [3.63, 3.8) is 0 Å². The van der Waals surface area contributed by atoms with Gasteiger partial charge in [-0.05, 0) is 37.5 Å². The molecule has 5 nitrogen and oxygen atoms in total. The SMILES string of the molecule is CCCOc1ccc(CN(CCC)C(=O)Cc2csc(C(C)C)n2)cc1OCC. The lowest BCUT2D eigenvalue weighted by atomic mass is 10.1. The van der Waals surface area contributed by atoms with Gasteiger partial charge in [0.2, 0.25) is 5.91 Å². The first-order valence-corrected chi connectivity index (χ1v) is 11.5. The van der Waals surface area contributed by atoms with Crippen LogP contribution in [0.15, 0.2) is 23.6 Å². The van der Waals surface area contributed by atoms with E-state index in [-0.39, 0.29) is 5.91 Å². The third kappa shape index (κ3) is 7.03. The zero-order chi connectivity index (χ0) is 21.2. The fourth-order valence-corrected chi connectivity index (χ4v) is 3.80. The third-order valence-corrected chi connectivity index (χ3v) is 5.58. The number of aromatic nitrogens is 1. The second kappa shape index (κ2) is 11.8. The van der Waals surface area contributed by atoms with E-state index in [2.05, 4.69) is 32.7 Å². The van der Waals surface area contributed by atoms with Crippen LogP contribution in [0.25, 0.3) is 0 Å². The highest BCUT2D eigenvalue weighted by Gasteiger charge is 2.17. The third-order valence-electron chi connectivity index (χ3n) is 4.39. The number of benzene rings is 1. The Balaban J connectivity index is 2.11. The van der Waals surface area contributed by atoms with Gasteiger partial charge in [0, 0.05) is 24.4 Å². The Hall–Kier alpha value is -2.08. The highest BCUT2D eigenvalue weighted by atomic mass is 32.1. The summed E-state index contributed by atoms with van der Waals surface area (Å²) in [6, 6.07) is 5.95. The van der Waals surface area contributed by atoms with Gasteiger partial charge in [-0.15, -0.1) is 11.3 Å². The molecular formula is C23H34N2O3S. The fourth-order valence-electron chi connectivity index (χ4n) is 2.97. The number of hydrogen-bond acceptors (Lipinski definition) is 5. The van der Waals surface area contributed by atoms with Crippen LogP contribution in [0.5, 0.6) is 11.5 Å². The minimum Gasteiger partial charge on any atom is -0.490 e. The van der Waals surface area contributed by atoms with Crippen molar-refractivity contribution in [2.24, 2.45) is 0 Å². The van der Waals surface area contributed by atoms with Gasteiger partial charge in [-0.1, -0.05) is 33.8 Å². The molecule has 2 aromatic rings. The second-order valence-corrected chi connectivity index (χ2v) is 8.28. The first-order valence-electron chi connectivity index (χ1n) is 10.6. The summed E-state index contributed by atoms with van der Waals surface area (Å²) < 4.78 is 11.5. The molecule has 0 N–H and O–H groups in total. The van der Waals surface area contributed by atoms with E-state index >= 15 is 0 Å². The Morgan fingerprint density at radius 2 is 1.93 bits per heavy atom. The van der Waals surface area contributed by atoms with Crippen molar-refractivity contribution in [3.05, 3.63) is 39.8 Å². The number of ether oxygens (including phenoxy) is 2. The molecule has 0 saturated heterocycles. The van der Waals surface area contributed by atoms with E-state index < -0.39 is 0 Å². The number of carbonyl (C=O) groups is 1. The van der Waals surface area contributed by atoms with Crippen molar-refractivity contribution < 1.29 is 14.3 Å². The molecule has 2 rings (SSSR count). The number of hydrogen-bond donors (Lipinski definition) is 0. The van der Waals surface area contributed by atoms with Gasteiger partial charge >= 0.3 is 0 Å². The summed E-state index contributed by atoms with van der Waals surface area (Å²) in [7, 11) is 0. The summed E-state index contributed by atoms with van der Waals surface area (Å²) in [5, 5.41) is 3.09. The van der Waals surface area contributed by atoms with Crippen LogP contribution in [0.1, 0.15) is 69.6 Å². The standard InChI is InChI=1S/C23H34N2O3S/c1-6-11-25(22(26)14-19-16-29-23(24-19)17(4)5)15-18-9-10-20(28-12-7-2)21(13-18)27-8-3/h9-10,13,16-17H,6-8,11-12,14-15H2,1-5H3. The summed E-state index contributed by atoms with van der Waals surface area (Å²) in [5.74, 6) is 2.00. The largest absolute Gasteiger partial charge is 0.490 e. The van der Waals surface area contributed by atoms with Crippen LogP contribution in [0.2, 0.25) is 0 Å². The summed E-state index contributed by atoms with van der Waals surface area (Å²) >= 11 is 1.63. The van der Waals surface area contributed by atoms with E-state index in [0.717, 1.165) is 47.2 Å². The maximum Gasteiger partial charge on any atom is 0.228 e. The summed E-state index contributed by atoms with van der Waals surface area (Å²) in [4.78, 5) is 19.5. The van der Waals surface area contributed by atoms with Gasteiger partial charge in [0.15, 0.2) is 11.5 Å². The second-order valence-electron chi connectivity index (χ2n) is 7.39. The Morgan fingerprint density at radius 3 is 2.55 bits per heavy atom. The van der Waals surface area contributed by atoms with Crippen molar-refractivity contribution >= 4 is 17.2 Å². The molecule has 0 atom stereocenters. The quantitative estimate of drug-likeness (QED) is 0.461. The lowest BCUT2D eigenvalue weighted by Gasteiger charge is -2.23. The highest BCUT2D eigenvalue weighted by Crippen LogP contribution is 2.29. The molecule has 0 radical (unpaired) electrons. The van der Waals surface area contributed by atoms with E-state index in [1.54, 1.807) is 11.3 Å². The van der Waals surface area contributed by atoms with Gasteiger partial charge in [-0.2, -0.15) is 0 Å². The van der Waals surface area contributed by atoms with Gasteiger partial charge in [-0.3, -0.25) is 4.79 Å². The Kier molecular flexibility index (Phi) is 9.45. The van der Waals surface area contributed by atoms with E-state index in [4.69, 9.17) is 9.47 Å². The predicted molar refractivity (Wildman–Crippen MR) is 119 cm³/mol. The van der Waals surface area contributed by atoms with Crippen LogP contribution in [-0.4, -0.2) is 35.5 Å². The molecule has 0 aliphatic rings. The van der Waals surface area contributed by atoms with Crippen molar-refractivity contribution in [1.82, 2.24) is 9.88 Å². The molecule has 0 spiro atoms. The Morgan fingerprint density at radius 1 is 1.14 bits per heavy atom. The monoisotopic (exact) mass is 418 g/mol. The molecule has 160 valence electrons. The van der Waals surface area contributed by atoms with Crippen LogP contribution in [0, 0.1) is 0 Å². The van der Waals surface area contributed by atoms with E-state index in [1.165, 1.54) is 0 Å². The first kappa shape index (κ1) is 23.2. The van der Waals surface area contributed by atoms with Gasteiger partial charge < -0.3 is 14.4 Å². The summed E-state index contributed by atoms with van der Waals surface area (Å²) in [5.41, 5.74) is 1.91. The number of carbonyl (C=O) groups excluding carboxylic acids is 1. The lowest BCUT2D eigenvalue weighted by molar-refractivity contribution is -0.131. The number of thiazole rings is 1. The normalized spacial score (nSPS) is 11.0. The number of amides is 1. The first-order chi connectivity index (χ1) is 14.0. The predicted octanol–water partition coefficient (Wildman–Crippen LogP) is 5.44. The van der Waals surface area contributed by atoms with E-state index in [1.807, 2.05) is 35.4 Å². The molecule has 0 saturated carbocycles. The maximum absolute atomic E-state index is 12.9. The van der Waals surface area contributed by atoms with E-state index in [9.17, 15) is 4.79 Å². The molecule has 0 aliphatic heterocycles. The van der Waals surface area contributed by atoms with Crippen LogP contribution >= 0.6 is 11.3 Å². The lowest BCUT2D eigenvalue weighted by Crippen LogP contribution is -2.32. The molecular weight excluding hydrogens is 384 g/mol. The van der Waals surface area contributed by atoms with Gasteiger partial charge in [0.05, 0.1) is 30.3 Å². The summed E-state index contributed by atoms with van der Waals surface area (Å²) in [6.07, 6.45) is 2.20. The minimum absolute atomic E-state index is 0.108. The molecule has 1 heterocycles. The number of nitrogens with zero attached hydrogens (tertiary/aromatic N) is 2. The molecule has 0 aliphatic carbocycles. The van der Waals surface area contributed by atoms with Crippen molar-refractivity contribution in [2.45, 2.75) is 66.3 Å². The molecule has 0 fully saturated rings. The van der Waals surface area contributed by atoms with Crippen LogP contribution < -0.4 is 9.47 Å². The van der Waals surface area contributed by atoms with Crippen LogP contribution in [-0.2, 0) is 17.8 Å². The molecule has 6 heteroatoms. The number of rotatable bonds is 12. The zero-order valence-corrected chi connectivity index (χ0v) is 19.2. The molecule has 1 aromatic carbocycles. The molecule has 1 amide bonds. The maximum atomic E-state index is 12.9. The van der Waals surface area contributed by atoms with Crippen LogP contribution in [0.4, 0.5) is 0 Å². The zero-order valence-electron chi connectivity index (χ0n) is 18.4. The van der Waals surface area contributed by atoms with Crippen molar-refractivity contribution in [1.29, 1.82) is 0 Å². The average molecular weight is 419 g/mol. The van der Waals surface area contributed by atoms with Crippen LogP contribution in [0.3, 0.4) is 0 Å². The smallest absolute Gasteiger partial charge is 0.228 e. The summed E-state index contributed by atoms with van der Waals surface area (Å²) in [6.45, 7) is 12.9.